The summed E-state index contributed by atoms with van der Waals surface area (Å²) in [6, 6.07) is 9.39. The lowest BCUT2D eigenvalue weighted by atomic mass is 9.70. The molecule has 0 heterocycles. The van der Waals surface area contributed by atoms with E-state index in [1.54, 1.807) is 0 Å². The fourth-order valence-electron chi connectivity index (χ4n) is 3.55. The summed E-state index contributed by atoms with van der Waals surface area (Å²) >= 11 is 0. The molecule has 1 N–H and O–H groups in total. The lowest BCUT2D eigenvalue weighted by molar-refractivity contribution is 0.148. The predicted molar refractivity (Wildman–Crippen MR) is 92.5 cm³/mol. The van der Waals surface area contributed by atoms with Gasteiger partial charge in [0.15, 0.2) is 0 Å². The van der Waals surface area contributed by atoms with Gasteiger partial charge >= 0.3 is 0 Å². The summed E-state index contributed by atoms with van der Waals surface area (Å²) in [6.07, 6.45) is 5.62. The van der Waals surface area contributed by atoms with Crippen LogP contribution in [0.4, 0.5) is 0 Å². The number of rotatable bonds is 4. The third kappa shape index (κ3) is 4.85. The van der Waals surface area contributed by atoms with Crippen molar-refractivity contribution in [2.75, 3.05) is 6.54 Å². The lowest BCUT2D eigenvalue weighted by Crippen LogP contribution is -2.31. The van der Waals surface area contributed by atoms with Crippen molar-refractivity contribution in [2.45, 2.75) is 66.3 Å². The molecule has 0 aromatic heterocycles. The minimum atomic E-state index is 0.464. The van der Waals surface area contributed by atoms with Crippen molar-refractivity contribution >= 4 is 0 Å². The van der Waals surface area contributed by atoms with Gasteiger partial charge in [0.25, 0.3) is 0 Å². The van der Waals surface area contributed by atoms with E-state index in [-0.39, 0.29) is 0 Å². The molecule has 118 valence electrons. The van der Waals surface area contributed by atoms with Gasteiger partial charge in [-0.25, -0.2) is 0 Å². The van der Waals surface area contributed by atoms with Gasteiger partial charge in [-0.1, -0.05) is 50.6 Å². The van der Waals surface area contributed by atoms with Crippen LogP contribution in [0.1, 0.15) is 70.5 Å². The van der Waals surface area contributed by atoms with Gasteiger partial charge < -0.3 is 5.32 Å². The quantitative estimate of drug-likeness (QED) is 0.771. The van der Waals surface area contributed by atoms with E-state index in [1.165, 1.54) is 43.4 Å². The highest BCUT2D eigenvalue weighted by atomic mass is 14.9. The van der Waals surface area contributed by atoms with Gasteiger partial charge in [-0.15, -0.1) is 0 Å². The Morgan fingerprint density at radius 3 is 2.14 bits per heavy atom. The summed E-state index contributed by atoms with van der Waals surface area (Å²) in [5.74, 6) is 1.79. The molecule has 1 fully saturated rings. The van der Waals surface area contributed by atoms with Crippen LogP contribution in [-0.4, -0.2) is 6.54 Å². The zero-order valence-electron chi connectivity index (χ0n) is 14.6. The molecule has 0 amide bonds. The van der Waals surface area contributed by atoms with E-state index in [0.29, 0.717) is 11.5 Å². The molecule has 1 aromatic rings. The Labute approximate surface area is 131 Å². The van der Waals surface area contributed by atoms with Crippen LogP contribution in [0, 0.1) is 24.2 Å². The number of benzene rings is 1. The summed E-state index contributed by atoms with van der Waals surface area (Å²) in [5, 5.41) is 3.74. The smallest absolute Gasteiger partial charge is 0.0291 e. The molecule has 0 saturated heterocycles. The van der Waals surface area contributed by atoms with Crippen LogP contribution in [0.3, 0.4) is 0 Å². The van der Waals surface area contributed by atoms with Gasteiger partial charge in [0.05, 0.1) is 0 Å². The van der Waals surface area contributed by atoms with Gasteiger partial charge in [-0.05, 0) is 68.9 Å². The molecular weight excluding hydrogens is 254 g/mol. The first-order valence-electron chi connectivity index (χ1n) is 8.66. The summed E-state index contributed by atoms with van der Waals surface area (Å²) in [7, 11) is 0. The fourth-order valence-corrected chi connectivity index (χ4v) is 3.55. The number of nitrogens with one attached hydrogen (secondary N) is 1. The van der Waals surface area contributed by atoms with E-state index in [2.05, 4.69) is 64.2 Å². The molecule has 1 heteroatoms. The summed E-state index contributed by atoms with van der Waals surface area (Å²) in [4.78, 5) is 0. The SMILES string of the molecule is Cc1ccc([C@@H](C)NCC2CCC(C(C)(C)C)CC2)cc1. The van der Waals surface area contributed by atoms with Gasteiger partial charge in [-0.2, -0.15) is 0 Å². The van der Waals surface area contributed by atoms with Crippen LogP contribution in [-0.2, 0) is 0 Å². The van der Waals surface area contributed by atoms with E-state index >= 15 is 0 Å². The normalized spacial score (nSPS) is 24.8. The third-order valence-corrected chi connectivity index (χ3v) is 5.36. The highest BCUT2D eigenvalue weighted by Crippen LogP contribution is 2.39. The number of aryl methyl sites for hydroxylation is 1. The van der Waals surface area contributed by atoms with Crippen LogP contribution in [0.25, 0.3) is 0 Å². The molecule has 0 radical (unpaired) electrons. The molecule has 21 heavy (non-hydrogen) atoms. The monoisotopic (exact) mass is 287 g/mol. The van der Waals surface area contributed by atoms with Gasteiger partial charge in [0.2, 0.25) is 0 Å². The van der Waals surface area contributed by atoms with Crippen molar-refractivity contribution in [3.8, 4) is 0 Å². The van der Waals surface area contributed by atoms with Crippen molar-refractivity contribution in [3.63, 3.8) is 0 Å². The summed E-state index contributed by atoms with van der Waals surface area (Å²) in [6.45, 7) is 12.8. The molecule has 0 bridgehead atoms. The number of hydrogen-bond donors (Lipinski definition) is 1. The van der Waals surface area contributed by atoms with Crippen LogP contribution in [0.15, 0.2) is 24.3 Å². The Morgan fingerprint density at radius 1 is 1.05 bits per heavy atom. The van der Waals surface area contributed by atoms with E-state index in [1.807, 2.05) is 0 Å². The van der Waals surface area contributed by atoms with Crippen molar-refractivity contribution in [1.82, 2.24) is 5.32 Å². The second-order valence-electron chi connectivity index (χ2n) is 8.12. The van der Waals surface area contributed by atoms with Crippen molar-refractivity contribution in [1.29, 1.82) is 0 Å². The molecule has 1 nitrogen and oxygen atoms in total. The maximum Gasteiger partial charge on any atom is 0.0291 e. The molecule has 0 spiro atoms. The molecule has 1 atom stereocenters. The van der Waals surface area contributed by atoms with E-state index in [4.69, 9.17) is 0 Å². The first-order valence-corrected chi connectivity index (χ1v) is 8.66. The van der Waals surface area contributed by atoms with E-state index < -0.39 is 0 Å². The van der Waals surface area contributed by atoms with Crippen LogP contribution >= 0.6 is 0 Å². The van der Waals surface area contributed by atoms with Crippen LogP contribution < -0.4 is 5.32 Å². The van der Waals surface area contributed by atoms with E-state index in [9.17, 15) is 0 Å². The molecule has 1 aliphatic rings. The minimum Gasteiger partial charge on any atom is -0.310 e. The average molecular weight is 287 g/mol. The maximum atomic E-state index is 3.74. The summed E-state index contributed by atoms with van der Waals surface area (Å²) in [5.41, 5.74) is 3.24. The fraction of sp³-hybridized carbons (Fsp3) is 0.700. The molecule has 1 saturated carbocycles. The van der Waals surface area contributed by atoms with Gasteiger partial charge in [0, 0.05) is 6.04 Å². The molecule has 0 aliphatic heterocycles. The Morgan fingerprint density at radius 2 is 1.62 bits per heavy atom. The van der Waals surface area contributed by atoms with Crippen molar-refractivity contribution in [2.24, 2.45) is 17.3 Å². The van der Waals surface area contributed by atoms with Crippen molar-refractivity contribution < 1.29 is 0 Å². The highest BCUT2D eigenvalue weighted by Gasteiger charge is 2.29. The van der Waals surface area contributed by atoms with Gasteiger partial charge in [0.1, 0.15) is 0 Å². The molecule has 2 rings (SSSR count). The Balaban J connectivity index is 1.76. The largest absolute Gasteiger partial charge is 0.310 e. The maximum absolute atomic E-state index is 3.74. The molecule has 0 unspecified atom stereocenters. The average Bonchev–Trinajstić information content (AvgIpc) is 2.45. The van der Waals surface area contributed by atoms with E-state index in [0.717, 1.165) is 11.8 Å². The lowest BCUT2D eigenvalue weighted by Gasteiger charge is -2.37. The number of hydrogen-bond acceptors (Lipinski definition) is 1. The molecule has 1 aromatic carbocycles. The Hall–Kier alpha value is -0.820. The first kappa shape index (κ1) is 16.5. The first-order chi connectivity index (χ1) is 9.86. The zero-order chi connectivity index (χ0) is 15.5. The summed E-state index contributed by atoms with van der Waals surface area (Å²) < 4.78 is 0. The Kier molecular flexibility index (Phi) is 5.48. The van der Waals surface area contributed by atoms with Crippen molar-refractivity contribution in [3.05, 3.63) is 35.4 Å². The standard InChI is InChI=1S/C20H33N/c1-15-6-10-18(11-7-15)16(2)21-14-17-8-12-19(13-9-17)20(3,4)5/h6-7,10-11,16-17,19,21H,8-9,12-14H2,1-5H3/t16-,17?,19?/m1/s1. The third-order valence-electron chi connectivity index (χ3n) is 5.36. The topological polar surface area (TPSA) is 12.0 Å². The minimum absolute atomic E-state index is 0.464. The zero-order valence-corrected chi connectivity index (χ0v) is 14.6. The predicted octanol–water partition coefficient (Wildman–Crippen LogP) is 5.50. The van der Waals surface area contributed by atoms with Gasteiger partial charge in [-0.3, -0.25) is 0 Å². The Bertz CT molecular complexity index is 418. The second-order valence-corrected chi connectivity index (χ2v) is 8.12. The molecular formula is C20H33N. The second kappa shape index (κ2) is 6.96. The van der Waals surface area contributed by atoms with Crippen LogP contribution in [0.5, 0.6) is 0 Å². The molecule has 1 aliphatic carbocycles. The highest BCUT2D eigenvalue weighted by molar-refractivity contribution is 5.23. The van der Waals surface area contributed by atoms with Crippen LogP contribution in [0.2, 0.25) is 0 Å².